The minimum absolute atomic E-state index is 0.817. The Morgan fingerprint density at radius 3 is 2.71 bits per heavy atom. The summed E-state index contributed by atoms with van der Waals surface area (Å²) < 4.78 is 0. The largest absolute Gasteiger partial charge is 0.353 e. The summed E-state index contributed by atoms with van der Waals surface area (Å²) in [5.41, 5.74) is 8.75. The average Bonchev–Trinajstić information content (AvgIpc) is 3.59. The third kappa shape index (κ3) is 3.71. The first-order chi connectivity index (χ1) is 16.7. The first kappa shape index (κ1) is 20.8. The fourth-order valence-electron chi connectivity index (χ4n) is 4.49. The highest BCUT2D eigenvalue weighted by molar-refractivity contribution is 7.15. The van der Waals surface area contributed by atoms with Gasteiger partial charge in [-0.05, 0) is 67.1 Å². The number of benzene rings is 2. The van der Waals surface area contributed by atoms with Crippen LogP contribution in [0.5, 0.6) is 0 Å². The molecule has 0 aliphatic rings. The predicted octanol–water partition coefficient (Wildman–Crippen LogP) is 6.92. The zero-order valence-corrected chi connectivity index (χ0v) is 20.0. The lowest BCUT2D eigenvalue weighted by molar-refractivity contribution is 0.724. The number of aromatic nitrogens is 4. The van der Waals surface area contributed by atoms with Crippen LogP contribution < -0.4 is 5.32 Å². The lowest BCUT2D eigenvalue weighted by atomic mass is 10.0. The summed E-state index contributed by atoms with van der Waals surface area (Å²) in [6.45, 7) is 6.01. The van der Waals surface area contributed by atoms with Gasteiger partial charge in [0.25, 0.3) is 0 Å². The van der Waals surface area contributed by atoms with Crippen LogP contribution >= 0.6 is 11.3 Å². The van der Waals surface area contributed by atoms with Gasteiger partial charge in [-0.15, -0.1) is 11.3 Å². The van der Waals surface area contributed by atoms with E-state index in [2.05, 4.69) is 100.0 Å². The summed E-state index contributed by atoms with van der Waals surface area (Å²) in [5, 5.41) is 13.6. The standard InChI is InChI=1S/C28H25N5S/c1-3-29-14-18-11-20(16-30-15-18)19-8-9-25-23(12-19)28(33-32-25)26-13-22-21(5-4-6-24(22)31-26)27-10-7-17(2)34-27/h4-13,15-16,29,31H,3,14H2,1-2H3,(H,32,33). The summed E-state index contributed by atoms with van der Waals surface area (Å²) in [5.74, 6) is 0. The van der Waals surface area contributed by atoms with Crippen LogP contribution in [-0.4, -0.2) is 26.7 Å². The molecule has 0 radical (unpaired) electrons. The molecule has 0 saturated carbocycles. The van der Waals surface area contributed by atoms with Crippen LogP contribution in [0.3, 0.4) is 0 Å². The molecule has 0 atom stereocenters. The number of thiophene rings is 1. The van der Waals surface area contributed by atoms with Crippen molar-refractivity contribution < 1.29 is 0 Å². The Kier molecular flexibility index (Phi) is 5.24. The second kappa shape index (κ2) is 8.56. The van der Waals surface area contributed by atoms with E-state index in [1.54, 1.807) is 0 Å². The van der Waals surface area contributed by atoms with Gasteiger partial charge in [-0.3, -0.25) is 10.1 Å². The molecule has 0 aliphatic heterocycles. The van der Waals surface area contributed by atoms with Crippen molar-refractivity contribution >= 4 is 33.1 Å². The molecule has 0 aliphatic carbocycles. The lowest BCUT2D eigenvalue weighted by Crippen LogP contribution is -2.11. The number of H-pyrrole nitrogens is 2. The Morgan fingerprint density at radius 1 is 0.912 bits per heavy atom. The molecule has 0 fully saturated rings. The maximum Gasteiger partial charge on any atom is 0.116 e. The average molecular weight is 464 g/mol. The van der Waals surface area contributed by atoms with Crippen LogP contribution in [0.15, 0.2) is 73.1 Å². The molecule has 6 rings (SSSR count). The molecule has 6 aromatic rings. The summed E-state index contributed by atoms with van der Waals surface area (Å²) in [4.78, 5) is 10.7. The topological polar surface area (TPSA) is 69.4 Å². The number of aromatic amines is 2. The van der Waals surface area contributed by atoms with Crippen molar-refractivity contribution in [2.24, 2.45) is 0 Å². The van der Waals surface area contributed by atoms with E-state index in [9.17, 15) is 0 Å². The monoisotopic (exact) mass is 463 g/mol. The summed E-state index contributed by atoms with van der Waals surface area (Å²) in [6.07, 6.45) is 3.85. The van der Waals surface area contributed by atoms with E-state index in [1.165, 1.54) is 26.3 Å². The molecule has 5 nitrogen and oxygen atoms in total. The summed E-state index contributed by atoms with van der Waals surface area (Å²) in [6, 6.07) is 21.7. The van der Waals surface area contributed by atoms with Gasteiger partial charge in [-0.25, -0.2) is 0 Å². The van der Waals surface area contributed by atoms with Gasteiger partial charge in [0.05, 0.1) is 11.2 Å². The number of aryl methyl sites for hydroxylation is 1. The fourth-order valence-corrected chi connectivity index (χ4v) is 5.39. The summed E-state index contributed by atoms with van der Waals surface area (Å²) >= 11 is 1.82. The molecule has 0 unspecified atom stereocenters. The van der Waals surface area contributed by atoms with Crippen LogP contribution in [0.2, 0.25) is 0 Å². The third-order valence-corrected chi connectivity index (χ3v) is 7.23. The number of rotatable bonds is 6. The first-order valence-electron chi connectivity index (χ1n) is 11.5. The molecule has 6 heteroatoms. The summed E-state index contributed by atoms with van der Waals surface area (Å²) in [7, 11) is 0. The van der Waals surface area contributed by atoms with Crippen molar-refractivity contribution in [1.29, 1.82) is 0 Å². The van der Waals surface area contributed by atoms with Crippen molar-refractivity contribution in [1.82, 2.24) is 25.5 Å². The zero-order chi connectivity index (χ0) is 23.1. The molecule has 0 amide bonds. The molecule has 2 aromatic carbocycles. The number of pyridine rings is 1. The van der Waals surface area contributed by atoms with Gasteiger partial charge in [0.1, 0.15) is 5.69 Å². The van der Waals surface area contributed by atoms with E-state index in [-0.39, 0.29) is 0 Å². The van der Waals surface area contributed by atoms with Gasteiger partial charge < -0.3 is 10.3 Å². The van der Waals surface area contributed by atoms with Crippen LogP contribution in [0, 0.1) is 6.92 Å². The molecule has 0 saturated heterocycles. The van der Waals surface area contributed by atoms with Crippen molar-refractivity contribution in [2.75, 3.05) is 6.54 Å². The van der Waals surface area contributed by atoms with E-state index in [0.717, 1.165) is 52.0 Å². The molecular formula is C28H25N5S. The molecule has 4 heterocycles. The first-order valence-corrected chi connectivity index (χ1v) is 12.3. The Balaban J connectivity index is 1.44. The maximum absolute atomic E-state index is 4.68. The van der Waals surface area contributed by atoms with Gasteiger partial charge in [0.15, 0.2) is 0 Å². The number of hydrogen-bond donors (Lipinski definition) is 3. The van der Waals surface area contributed by atoms with Gasteiger partial charge in [-0.2, -0.15) is 5.10 Å². The normalized spacial score (nSPS) is 11.6. The number of fused-ring (bicyclic) bond motifs is 2. The van der Waals surface area contributed by atoms with Crippen LogP contribution in [0.25, 0.3) is 54.8 Å². The Labute approximate surface area is 201 Å². The third-order valence-electron chi connectivity index (χ3n) is 6.20. The SMILES string of the molecule is CCNCc1cncc(-c2ccc3[nH]nc(-c4cc5c(-c6ccc(C)s6)cccc5[nH]4)c3c2)c1. The quantitative estimate of drug-likeness (QED) is 0.251. The van der Waals surface area contributed by atoms with Gasteiger partial charge in [0.2, 0.25) is 0 Å². The lowest BCUT2D eigenvalue weighted by Gasteiger charge is -2.06. The van der Waals surface area contributed by atoms with Crippen LogP contribution in [-0.2, 0) is 6.54 Å². The molecule has 0 spiro atoms. The minimum atomic E-state index is 0.817. The number of nitrogens with zero attached hydrogens (tertiary/aromatic N) is 2. The molecule has 0 bridgehead atoms. The Bertz CT molecular complexity index is 1620. The van der Waals surface area contributed by atoms with Gasteiger partial charge >= 0.3 is 0 Å². The molecular weight excluding hydrogens is 438 g/mol. The van der Waals surface area contributed by atoms with Crippen molar-refractivity contribution in [2.45, 2.75) is 20.4 Å². The van der Waals surface area contributed by atoms with E-state index in [1.807, 2.05) is 23.7 Å². The number of nitrogens with one attached hydrogen (secondary N) is 3. The molecule has 34 heavy (non-hydrogen) atoms. The highest BCUT2D eigenvalue weighted by Gasteiger charge is 2.15. The maximum atomic E-state index is 4.68. The smallest absolute Gasteiger partial charge is 0.116 e. The zero-order valence-electron chi connectivity index (χ0n) is 19.1. The molecule has 3 N–H and O–H groups in total. The van der Waals surface area contributed by atoms with E-state index < -0.39 is 0 Å². The second-order valence-electron chi connectivity index (χ2n) is 8.55. The van der Waals surface area contributed by atoms with E-state index >= 15 is 0 Å². The van der Waals surface area contributed by atoms with E-state index in [0.29, 0.717) is 0 Å². The van der Waals surface area contributed by atoms with Crippen LogP contribution in [0.4, 0.5) is 0 Å². The van der Waals surface area contributed by atoms with Crippen molar-refractivity contribution in [3.63, 3.8) is 0 Å². The Hall–Kier alpha value is -3.74. The van der Waals surface area contributed by atoms with Crippen LogP contribution in [0.1, 0.15) is 17.4 Å². The highest BCUT2D eigenvalue weighted by Crippen LogP contribution is 2.37. The predicted molar refractivity (Wildman–Crippen MR) is 142 cm³/mol. The van der Waals surface area contributed by atoms with Crippen molar-refractivity contribution in [3.8, 4) is 33.0 Å². The second-order valence-corrected chi connectivity index (χ2v) is 9.84. The molecule has 168 valence electrons. The van der Waals surface area contributed by atoms with Gasteiger partial charge in [-0.1, -0.05) is 25.1 Å². The van der Waals surface area contributed by atoms with E-state index in [4.69, 9.17) is 0 Å². The fraction of sp³-hybridized carbons (Fsp3) is 0.143. The minimum Gasteiger partial charge on any atom is -0.353 e. The Morgan fingerprint density at radius 2 is 1.85 bits per heavy atom. The molecule has 4 aromatic heterocycles. The van der Waals surface area contributed by atoms with Crippen molar-refractivity contribution in [3.05, 3.63) is 83.5 Å². The van der Waals surface area contributed by atoms with Gasteiger partial charge in [0, 0.05) is 56.1 Å². The number of hydrogen-bond acceptors (Lipinski definition) is 4. The highest BCUT2D eigenvalue weighted by atomic mass is 32.1.